The van der Waals surface area contributed by atoms with Gasteiger partial charge < -0.3 is 14.2 Å². The monoisotopic (exact) mass is 251 g/mol. The normalized spacial score (nSPS) is 24.1. The zero-order chi connectivity index (χ0) is 12.4. The largest absolute Gasteiger partial charge is 0.381 e. The predicted molar refractivity (Wildman–Crippen MR) is 62.0 cm³/mol. The summed E-state index contributed by atoms with van der Waals surface area (Å²) in [5, 5.41) is 3.99. The summed E-state index contributed by atoms with van der Waals surface area (Å²) >= 11 is 0. The van der Waals surface area contributed by atoms with Crippen LogP contribution in [0.1, 0.15) is 36.9 Å². The lowest BCUT2D eigenvalue weighted by atomic mass is 10.1. The molecule has 98 valence electrons. The summed E-state index contributed by atoms with van der Waals surface area (Å²) < 4.78 is 10.5. The van der Waals surface area contributed by atoms with Crippen molar-refractivity contribution in [2.45, 2.75) is 31.6 Å². The first-order chi connectivity index (χ1) is 8.83. The number of amides is 1. The molecular formula is C12H17N3O3. The number of aromatic nitrogens is 2. The van der Waals surface area contributed by atoms with E-state index in [1.54, 1.807) is 0 Å². The maximum Gasteiger partial charge on any atom is 0.228 e. The summed E-state index contributed by atoms with van der Waals surface area (Å²) in [5.41, 5.74) is 0. The van der Waals surface area contributed by atoms with E-state index >= 15 is 0 Å². The third-order valence-electron chi connectivity index (χ3n) is 3.55. The lowest BCUT2D eigenvalue weighted by molar-refractivity contribution is -0.127. The molecule has 0 aromatic carbocycles. The van der Waals surface area contributed by atoms with Gasteiger partial charge in [-0.25, -0.2) is 0 Å². The van der Waals surface area contributed by atoms with Gasteiger partial charge in [0.05, 0.1) is 6.61 Å². The van der Waals surface area contributed by atoms with E-state index in [4.69, 9.17) is 9.26 Å². The first-order valence-electron chi connectivity index (χ1n) is 6.51. The van der Waals surface area contributed by atoms with Gasteiger partial charge >= 0.3 is 0 Å². The Kier molecular flexibility index (Phi) is 3.27. The second kappa shape index (κ2) is 5.06. The van der Waals surface area contributed by atoms with Crippen molar-refractivity contribution in [3.63, 3.8) is 0 Å². The predicted octanol–water partition coefficient (Wildman–Crippen LogP) is 0.738. The molecule has 6 nitrogen and oxygen atoms in total. The van der Waals surface area contributed by atoms with Crippen molar-refractivity contribution in [1.29, 1.82) is 0 Å². The summed E-state index contributed by atoms with van der Waals surface area (Å²) in [4.78, 5) is 17.7. The molecule has 0 N–H and O–H groups in total. The molecule has 18 heavy (non-hydrogen) atoms. The maximum atomic E-state index is 11.5. The maximum absolute atomic E-state index is 11.5. The van der Waals surface area contributed by atoms with Gasteiger partial charge in [0, 0.05) is 38.5 Å². The third-order valence-corrected chi connectivity index (χ3v) is 3.55. The van der Waals surface area contributed by atoms with Gasteiger partial charge in [0.2, 0.25) is 11.8 Å². The van der Waals surface area contributed by atoms with Crippen LogP contribution in [0.5, 0.6) is 0 Å². The minimum atomic E-state index is 0.235. The van der Waals surface area contributed by atoms with E-state index in [1.807, 2.05) is 4.90 Å². The average Bonchev–Trinajstić information content (AvgIpc) is 3.08. The van der Waals surface area contributed by atoms with Crippen molar-refractivity contribution in [3.8, 4) is 0 Å². The SMILES string of the molecule is O=C1CCCN1CCc1nc([C@@H]2CCOC2)no1. The second-order valence-corrected chi connectivity index (χ2v) is 4.84. The van der Waals surface area contributed by atoms with Crippen molar-refractivity contribution >= 4 is 5.91 Å². The molecule has 0 bridgehead atoms. The highest BCUT2D eigenvalue weighted by Gasteiger charge is 2.24. The van der Waals surface area contributed by atoms with Crippen LogP contribution in [-0.2, 0) is 16.0 Å². The Morgan fingerprint density at radius 1 is 1.44 bits per heavy atom. The van der Waals surface area contributed by atoms with E-state index in [2.05, 4.69) is 10.1 Å². The van der Waals surface area contributed by atoms with Gasteiger partial charge in [-0.1, -0.05) is 5.16 Å². The van der Waals surface area contributed by atoms with Crippen molar-refractivity contribution in [2.75, 3.05) is 26.3 Å². The molecule has 3 rings (SSSR count). The molecule has 1 aromatic heterocycles. The van der Waals surface area contributed by atoms with Gasteiger partial charge in [0.25, 0.3) is 0 Å². The molecule has 2 aliphatic rings. The summed E-state index contributed by atoms with van der Waals surface area (Å²) in [6.07, 6.45) is 3.25. The highest BCUT2D eigenvalue weighted by atomic mass is 16.5. The number of ether oxygens (including phenoxy) is 1. The smallest absolute Gasteiger partial charge is 0.228 e. The van der Waals surface area contributed by atoms with Crippen LogP contribution in [0.2, 0.25) is 0 Å². The van der Waals surface area contributed by atoms with Gasteiger partial charge in [-0.05, 0) is 12.8 Å². The van der Waals surface area contributed by atoms with Crippen LogP contribution in [0.25, 0.3) is 0 Å². The van der Waals surface area contributed by atoms with Crippen LogP contribution < -0.4 is 0 Å². The standard InChI is InChI=1S/C12H17N3O3/c16-11-2-1-5-15(11)6-3-10-13-12(14-18-10)9-4-7-17-8-9/h9H,1-8H2/t9-/m1/s1. The summed E-state index contributed by atoms with van der Waals surface area (Å²) in [6.45, 7) is 3.00. The van der Waals surface area contributed by atoms with E-state index in [9.17, 15) is 4.79 Å². The first-order valence-corrected chi connectivity index (χ1v) is 6.51. The number of hydrogen-bond acceptors (Lipinski definition) is 5. The van der Waals surface area contributed by atoms with E-state index < -0.39 is 0 Å². The molecule has 2 aliphatic heterocycles. The Morgan fingerprint density at radius 3 is 3.11 bits per heavy atom. The highest BCUT2D eigenvalue weighted by molar-refractivity contribution is 5.78. The number of nitrogens with zero attached hydrogens (tertiary/aromatic N) is 3. The molecule has 2 saturated heterocycles. The van der Waals surface area contributed by atoms with Gasteiger partial charge in [0.1, 0.15) is 0 Å². The fourth-order valence-electron chi connectivity index (χ4n) is 2.44. The molecule has 1 amide bonds. The highest BCUT2D eigenvalue weighted by Crippen LogP contribution is 2.22. The second-order valence-electron chi connectivity index (χ2n) is 4.84. The molecule has 1 aromatic rings. The zero-order valence-electron chi connectivity index (χ0n) is 10.3. The molecule has 0 saturated carbocycles. The van der Waals surface area contributed by atoms with Crippen molar-refractivity contribution in [1.82, 2.24) is 15.0 Å². The molecule has 0 unspecified atom stereocenters. The summed E-state index contributed by atoms with van der Waals surface area (Å²) in [6, 6.07) is 0. The van der Waals surface area contributed by atoms with Crippen LogP contribution in [0.4, 0.5) is 0 Å². The van der Waals surface area contributed by atoms with E-state index in [1.165, 1.54) is 0 Å². The fourth-order valence-corrected chi connectivity index (χ4v) is 2.44. The third kappa shape index (κ3) is 2.38. The lowest BCUT2D eigenvalue weighted by Gasteiger charge is -2.13. The van der Waals surface area contributed by atoms with Crippen molar-refractivity contribution in [2.24, 2.45) is 0 Å². The molecule has 0 spiro atoms. The van der Waals surface area contributed by atoms with Crippen LogP contribution in [0.15, 0.2) is 4.52 Å². The summed E-state index contributed by atoms with van der Waals surface area (Å²) in [5.74, 6) is 1.88. The number of hydrogen-bond donors (Lipinski definition) is 0. The van der Waals surface area contributed by atoms with Crippen molar-refractivity contribution < 1.29 is 14.1 Å². The van der Waals surface area contributed by atoms with Gasteiger partial charge in [-0.3, -0.25) is 4.79 Å². The molecular weight excluding hydrogens is 234 g/mol. The Balaban J connectivity index is 1.55. The fraction of sp³-hybridized carbons (Fsp3) is 0.750. The molecule has 0 radical (unpaired) electrons. The van der Waals surface area contributed by atoms with Crippen molar-refractivity contribution in [3.05, 3.63) is 11.7 Å². The Labute approximate surface area is 105 Å². The molecule has 1 atom stereocenters. The quantitative estimate of drug-likeness (QED) is 0.789. The lowest BCUT2D eigenvalue weighted by Crippen LogP contribution is -2.26. The Morgan fingerprint density at radius 2 is 2.39 bits per heavy atom. The van der Waals surface area contributed by atoms with E-state index in [0.717, 1.165) is 31.8 Å². The van der Waals surface area contributed by atoms with E-state index in [0.29, 0.717) is 31.9 Å². The number of likely N-dealkylation sites (tertiary alicyclic amines) is 1. The molecule has 3 heterocycles. The van der Waals surface area contributed by atoms with Gasteiger partial charge in [-0.2, -0.15) is 4.98 Å². The summed E-state index contributed by atoms with van der Waals surface area (Å²) in [7, 11) is 0. The topological polar surface area (TPSA) is 68.5 Å². The minimum Gasteiger partial charge on any atom is -0.381 e. The van der Waals surface area contributed by atoms with Crippen LogP contribution >= 0.6 is 0 Å². The van der Waals surface area contributed by atoms with Gasteiger partial charge in [-0.15, -0.1) is 0 Å². The van der Waals surface area contributed by atoms with Crippen LogP contribution in [0.3, 0.4) is 0 Å². The van der Waals surface area contributed by atoms with Gasteiger partial charge in [0.15, 0.2) is 5.82 Å². The minimum absolute atomic E-state index is 0.235. The molecule has 6 heteroatoms. The molecule has 2 fully saturated rings. The van der Waals surface area contributed by atoms with Crippen LogP contribution in [-0.4, -0.2) is 47.3 Å². The number of carbonyl (C=O) groups excluding carboxylic acids is 1. The number of rotatable bonds is 4. The Hall–Kier alpha value is -1.43. The molecule has 0 aliphatic carbocycles. The first kappa shape index (κ1) is 11.6. The number of carbonyl (C=O) groups is 1. The van der Waals surface area contributed by atoms with Crippen LogP contribution in [0, 0.1) is 0 Å². The Bertz CT molecular complexity index is 426. The average molecular weight is 251 g/mol. The van der Waals surface area contributed by atoms with E-state index in [-0.39, 0.29) is 11.8 Å². The zero-order valence-corrected chi connectivity index (χ0v) is 10.3.